The first kappa shape index (κ1) is 20.7. The summed E-state index contributed by atoms with van der Waals surface area (Å²) in [7, 11) is 0. The van der Waals surface area contributed by atoms with Gasteiger partial charge in [0, 0.05) is 10.9 Å². The largest absolute Gasteiger partial charge is 0.456 e. The summed E-state index contributed by atoms with van der Waals surface area (Å²) >= 11 is 6.53. The van der Waals surface area contributed by atoms with Gasteiger partial charge in [0.15, 0.2) is 0 Å². The molecule has 3 rings (SSSR count). The maximum Gasteiger partial charge on any atom is 0.338 e. The first-order valence-electron chi connectivity index (χ1n) is 9.11. The molecule has 0 saturated carbocycles. The summed E-state index contributed by atoms with van der Waals surface area (Å²) in [6.45, 7) is 8.85. The topological polar surface area (TPSA) is 98.2 Å². The second-order valence-corrected chi connectivity index (χ2v) is 8.27. The van der Waals surface area contributed by atoms with E-state index in [0.29, 0.717) is 5.56 Å². The SMILES string of the molecule is CC1=C(C(=O)OC(C)(C)C)C(c2cc3cccc(C)c3nc2Cl)C(C#N)=C(N)O1. The summed E-state index contributed by atoms with van der Waals surface area (Å²) in [6.07, 6.45) is 0. The molecule has 150 valence electrons. The standard InChI is InChI=1S/C22H22ClN3O3/c1-11-7-6-8-13-9-14(19(23)26-18(11)13)17-15(10-24)20(25)28-12(2)16(17)21(27)29-22(3,4)5/h6-9,17H,25H2,1-5H3. The van der Waals surface area contributed by atoms with E-state index >= 15 is 0 Å². The van der Waals surface area contributed by atoms with Crippen LogP contribution >= 0.6 is 11.6 Å². The van der Waals surface area contributed by atoms with Crippen LogP contribution in [0.4, 0.5) is 0 Å². The minimum Gasteiger partial charge on any atom is -0.456 e. The van der Waals surface area contributed by atoms with E-state index in [9.17, 15) is 10.1 Å². The second kappa shape index (κ2) is 7.41. The van der Waals surface area contributed by atoms with Gasteiger partial charge in [0.25, 0.3) is 0 Å². The van der Waals surface area contributed by atoms with Crippen LogP contribution < -0.4 is 5.73 Å². The number of ether oxygens (including phenoxy) is 2. The maximum atomic E-state index is 13.0. The van der Waals surface area contributed by atoms with Crippen LogP contribution in [-0.2, 0) is 14.3 Å². The zero-order valence-electron chi connectivity index (χ0n) is 17.0. The molecule has 29 heavy (non-hydrogen) atoms. The number of carbonyl (C=O) groups is 1. The van der Waals surface area contributed by atoms with Gasteiger partial charge in [-0.3, -0.25) is 0 Å². The molecule has 1 atom stereocenters. The molecule has 6 nitrogen and oxygen atoms in total. The van der Waals surface area contributed by atoms with Crippen molar-refractivity contribution in [2.24, 2.45) is 5.73 Å². The lowest BCUT2D eigenvalue weighted by Gasteiger charge is -2.29. The molecule has 2 heterocycles. The Morgan fingerprint density at radius 1 is 1.34 bits per heavy atom. The predicted molar refractivity (Wildman–Crippen MR) is 111 cm³/mol. The van der Waals surface area contributed by atoms with E-state index < -0.39 is 17.5 Å². The number of allylic oxidation sites excluding steroid dienone is 2. The number of aryl methyl sites for hydroxylation is 1. The van der Waals surface area contributed by atoms with Gasteiger partial charge in [0.1, 0.15) is 28.2 Å². The smallest absolute Gasteiger partial charge is 0.338 e. The van der Waals surface area contributed by atoms with Gasteiger partial charge in [0.05, 0.1) is 17.0 Å². The highest BCUT2D eigenvalue weighted by Crippen LogP contribution is 2.43. The number of hydrogen-bond donors (Lipinski definition) is 1. The van der Waals surface area contributed by atoms with Crippen molar-refractivity contribution in [1.82, 2.24) is 4.98 Å². The average molecular weight is 412 g/mol. The van der Waals surface area contributed by atoms with Gasteiger partial charge in [-0.05, 0) is 46.2 Å². The van der Waals surface area contributed by atoms with Gasteiger partial charge in [-0.2, -0.15) is 5.26 Å². The molecular formula is C22H22ClN3O3. The molecule has 0 amide bonds. The van der Waals surface area contributed by atoms with E-state index in [-0.39, 0.29) is 27.9 Å². The number of para-hydroxylation sites is 1. The highest BCUT2D eigenvalue weighted by molar-refractivity contribution is 6.31. The zero-order chi connectivity index (χ0) is 21.5. The predicted octanol–water partition coefficient (Wildman–Crippen LogP) is 4.62. The first-order valence-corrected chi connectivity index (χ1v) is 9.48. The van der Waals surface area contributed by atoms with E-state index in [0.717, 1.165) is 16.5 Å². The molecule has 1 aromatic carbocycles. The number of halogens is 1. The van der Waals surface area contributed by atoms with Crippen LogP contribution in [0.1, 0.15) is 44.7 Å². The van der Waals surface area contributed by atoms with Crippen LogP contribution in [0.5, 0.6) is 0 Å². The number of nitrogens with two attached hydrogens (primary N) is 1. The van der Waals surface area contributed by atoms with Crippen LogP contribution in [0.3, 0.4) is 0 Å². The van der Waals surface area contributed by atoms with Crippen LogP contribution in [0.2, 0.25) is 5.15 Å². The fourth-order valence-electron chi connectivity index (χ4n) is 3.33. The van der Waals surface area contributed by atoms with Crippen molar-refractivity contribution in [2.75, 3.05) is 0 Å². The van der Waals surface area contributed by atoms with Crippen LogP contribution in [0.15, 0.2) is 47.1 Å². The van der Waals surface area contributed by atoms with Gasteiger partial charge < -0.3 is 15.2 Å². The summed E-state index contributed by atoms with van der Waals surface area (Å²) in [6, 6.07) is 9.64. The number of nitrogens with zero attached hydrogens (tertiary/aromatic N) is 2. The van der Waals surface area contributed by atoms with Crippen molar-refractivity contribution in [3.05, 3.63) is 63.3 Å². The minimum absolute atomic E-state index is 0.0669. The van der Waals surface area contributed by atoms with Crippen molar-refractivity contribution >= 4 is 28.5 Å². The summed E-state index contributed by atoms with van der Waals surface area (Å²) in [5.41, 5.74) is 7.73. The molecule has 0 saturated heterocycles. The number of benzene rings is 1. The van der Waals surface area contributed by atoms with E-state index in [2.05, 4.69) is 11.1 Å². The summed E-state index contributed by atoms with van der Waals surface area (Å²) < 4.78 is 11.0. The number of hydrogen-bond acceptors (Lipinski definition) is 6. The Bertz CT molecular complexity index is 1120. The number of pyridine rings is 1. The third kappa shape index (κ3) is 3.92. The third-order valence-electron chi connectivity index (χ3n) is 4.56. The number of carbonyl (C=O) groups excluding carboxylic acids is 1. The Hall–Kier alpha value is -3.04. The maximum absolute atomic E-state index is 13.0. The van der Waals surface area contributed by atoms with Crippen LogP contribution in [0.25, 0.3) is 10.9 Å². The lowest BCUT2D eigenvalue weighted by atomic mass is 9.83. The molecule has 7 heteroatoms. The zero-order valence-corrected chi connectivity index (χ0v) is 17.7. The van der Waals surface area contributed by atoms with Gasteiger partial charge >= 0.3 is 5.97 Å². The highest BCUT2D eigenvalue weighted by Gasteiger charge is 2.39. The van der Waals surface area contributed by atoms with Gasteiger partial charge in [-0.1, -0.05) is 29.8 Å². The van der Waals surface area contributed by atoms with Crippen molar-refractivity contribution in [3.8, 4) is 6.07 Å². The number of esters is 1. The number of nitriles is 1. The fourth-order valence-corrected chi connectivity index (χ4v) is 3.58. The molecule has 1 aromatic heterocycles. The highest BCUT2D eigenvalue weighted by atomic mass is 35.5. The Labute approximate surface area is 174 Å². The van der Waals surface area contributed by atoms with Gasteiger partial charge in [0.2, 0.25) is 5.88 Å². The third-order valence-corrected chi connectivity index (χ3v) is 4.87. The molecule has 1 aliphatic rings. The van der Waals surface area contributed by atoms with Gasteiger partial charge in [-0.15, -0.1) is 0 Å². The Balaban J connectivity index is 2.25. The quantitative estimate of drug-likeness (QED) is 0.571. The van der Waals surface area contributed by atoms with E-state index in [1.165, 1.54) is 0 Å². The number of rotatable bonds is 2. The monoisotopic (exact) mass is 411 g/mol. The average Bonchev–Trinajstić information content (AvgIpc) is 2.60. The summed E-state index contributed by atoms with van der Waals surface area (Å²) in [4.78, 5) is 17.5. The molecule has 2 N–H and O–H groups in total. The molecule has 2 aromatic rings. The van der Waals surface area contributed by atoms with Crippen LogP contribution in [-0.4, -0.2) is 16.6 Å². The lowest BCUT2D eigenvalue weighted by Crippen LogP contribution is -2.30. The van der Waals surface area contributed by atoms with Gasteiger partial charge in [-0.25, -0.2) is 9.78 Å². The van der Waals surface area contributed by atoms with Crippen molar-refractivity contribution < 1.29 is 14.3 Å². The molecule has 0 spiro atoms. The van der Waals surface area contributed by atoms with Crippen molar-refractivity contribution in [3.63, 3.8) is 0 Å². The Morgan fingerprint density at radius 2 is 2.03 bits per heavy atom. The van der Waals surface area contributed by atoms with E-state index in [1.54, 1.807) is 27.7 Å². The lowest BCUT2D eigenvalue weighted by molar-refractivity contribution is -0.150. The van der Waals surface area contributed by atoms with Crippen molar-refractivity contribution in [2.45, 2.75) is 46.1 Å². The summed E-state index contributed by atoms with van der Waals surface area (Å²) in [5, 5.41) is 10.8. The van der Waals surface area contributed by atoms with E-state index in [1.807, 2.05) is 31.2 Å². The molecule has 1 unspecified atom stereocenters. The number of fused-ring (bicyclic) bond motifs is 1. The molecule has 0 fully saturated rings. The molecule has 1 aliphatic heterocycles. The molecule has 0 radical (unpaired) electrons. The Kier molecular flexibility index (Phi) is 5.29. The van der Waals surface area contributed by atoms with Crippen LogP contribution in [0, 0.1) is 18.3 Å². The van der Waals surface area contributed by atoms with E-state index in [4.69, 9.17) is 26.8 Å². The fraction of sp³-hybridized carbons (Fsp3) is 0.318. The molecular weight excluding hydrogens is 390 g/mol. The first-order chi connectivity index (χ1) is 13.5. The Morgan fingerprint density at radius 3 is 2.66 bits per heavy atom. The number of aromatic nitrogens is 1. The summed E-state index contributed by atoms with van der Waals surface area (Å²) in [5.74, 6) is -1.24. The van der Waals surface area contributed by atoms with Crippen molar-refractivity contribution in [1.29, 1.82) is 5.26 Å². The molecule has 0 aliphatic carbocycles. The second-order valence-electron chi connectivity index (χ2n) is 7.91. The normalized spacial score (nSPS) is 17.2. The minimum atomic E-state index is -0.839. The molecule has 0 bridgehead atoms.